The summed E-state index contributed by atoms with van der Waals surface area (Å²) in [6.07, 6.45) is 0. The summed E-state index contributed by atoms with van der Waals surface area (Å²) >= 11 is 9.15. The summed E-state index contributed by atoms with van der Waals surface area (Å²) in [5, 5.41) is 0.428. The van der Waals surface area contributed by atoms with Crippen LogP contribution in [-0.2, 0) is 4.79 Å². The molecule has 20 heavy (non-hydrogen) atoms. The van der Waals surface area contributed by atoms with Crippen molar-refractivity contribution in [2.45, 2.75) is 4.83 Å². The fraction of sp³-hybridized carbons (Fsp3) is 0.0667. The Kier molecular flexibility index (Phi) is 4.57. The van der Waals surface area contributed by atoms with E-state index in [2.05, 4.69) is 15.9 Å². The molecule has 2 N–H and O–H groups in total. The third-order valence-electron chi connectivity index (χ3n) is 2.82. The number of carbonyl (C=O) groups excluding carboxylic acids is 2. The minimum Gasteiger partial charge on any atom is -0.368 e. The van der Waals surface area contributed by atoms with E-state index in [1.54, 1.807) is 42.5 Å². The predicted molar refractivity (Wildman–Crippen MR) is 82.2 cm³/mol. The first-order valence-corrected chi connectivity index (χ1v) is 7.12. The highest BCUT2D eigenvalue weighted by atomic mass is 79.9. The molecule has 5 heteroatoms. The Balaban J connectivity index is 2.53. The van der Waals surface area contributed by atoms with Crippen LogP contribution in [-0.4, -0.2) is 11.7 Å². The van der Waals surface area contributed by atoms with Gasteiger partial charge in [-0.3, -0.25) is 9.59 Å². The average Bonchev–Trinajstić information content (AvgIpc) is 2.46. The van der Waals surface area contributed by atoms with Gasteiger partial charge < -0.3 is 5.73 Å². The van der Waals surface area contributed by atoms with Gasteiger partial charge in [0.25, 0.3) is 0 Å². The van der Waals surface area contributed by atoms with E-state index in [4.69, 9.17) is 17.3 Å². The predicted octanol–water partition coefficient (Wildman–Crippen LogP) is 3.49. The lowest BCUT2D eigenvalue weighted by molar-refractivity contribution is -0.117. The molecule has 0 fully saturated rings. The summed E-state index contributed by atoms with van der Waals surface area (Å²) in [5.41, 5.74) is 6.69. The number of primary amides is 1. The Hall–Kier alpha value is -1.65. The van der Waals surface area contributed by atoms with Gasteiger partial charge >= 0.3 is 0 Å². The van der Waals surface area contributed by atoms with Crippen molar-refractivity contribution in [3.8, 4) is 0 Å². The molecule has 2 rings (SSSR count). The lowest BCUT2D eigenvalue weighted by Gasteiger charge is -2.12. The van der Waals surface area contributed by atoms with E-state index in [0.717, 1.165) is 0 Å². The van der Waals surface area contributed by atoms with E-state index in [-0.39, 0.29) is 5.78 Å². The van der Waals surface area contributed by atoms with Crippen LogP contribution < -0.4 is 5.73 Å². The third kappa shape index (κ3) is 3.08. The van der Waals surface area contributed by atoms with Crippen molar-refractivity contribution in [2.24, 2.45) is 5.73 Å². The monoisotopic (exact) mass is 351 g/mol. The zero-order chi connectivity index (χ0) is 14.7. The fourth-order valence-electron chi connectivity index (χ4n) is 1.84. The molecule has 1 unspecified atom stereocenters. The second kappa shape index (κ2) is 6.20. The van der Waals surface area contributed by atoms with Crippen LogP contribution in [0, 0.1) is 0 Å². The van der Waals surface area contributed by atoms with Crippen LogP contribution in [0.25, 0.3) is 0 Å². The first-order valence-electron chi connectivity index (χ1n) is 5.83. The van der Waals surface area contributed by atoms with Crippen molar-refractivity contribution in [3.05, 3.63) is 70.2 Å². The van der Waals surface area contributed by atoms with Gasteiger partial charge in [0.05, 0.1) is 0 Å². The van der Waals surface area contributed by atoms with Crippen molar-refractivity contribution in [1.82, 2.24) is 0 Å². The fourth-order valence-corrected chi connectivity index (χ4v) is 2.42. The Bertz CT molecular complexity index is 658. The van der Waals surface area contributed by atoms with Crippen LogP contribution in [0.4, 0.5) is 0 Å². The zero-order valence-electron chi connectivity index (χ0n) is 10.3. The van der Waals surface area contributed by atoms with Crippen molar-refractivity contribution in [3.63, 3.8) is 0 Å². The summed E-state index contributed by atoms with van der Waals surface area (Å²) in [5.74, 6) is -0.761. The number of alkyl halides is 1. The minimum absolute atomic E-state index is 0.200. The van der Waals surface area contributed by atoms with Crippen molar-refractivity contribution >= 4 is 39.2 Å². The average molecular weight is 353 g/mol. The molecule has 2 aromatic rings. The molecule has 102 valence electrons. The zero-order valence-corrected chi connectivity index (χ0v) is 12.7. The highest BCUT2D eigenvalue weighted by Crippen LogP contribution is 2.29. The van der Waals surface area contributed by atoms with Crippen LogP contribution in [0.15, 0.2) is 48.5 Å². The minimum atomic E-state index is -0.734. The van der Waals surface area contributed by atoms with Crippen molar-refractivity contribution < 1.29 is 9.59 Å². The van der Waals surface area contributed by atoms with E-state index in [1.807, 2.05) is 6.07 Å². The lowest BCUT2D eigenvalue weighted by Crippen LogP contribution is -2.19. The first kappa shape index (κ1) is 14.8. The van der Waals surface area contributed by atoms with Crippen LogP contribution in [0.1, 0.15) is 26.3 Å². The van der Waals surface area contributed by atoms with Gasteiger partial charge in [0.1, 0.15) is 4.83 Å². The molecular weight excluding hydrogens is 342 g/mol. The molecule has 0 saturated carbocycles. The normalized spacial score (nSPS) is 11.9. The smallest absolute Gasteiger partial charge is 0.235 e. The van der Waals surface area contributed by atoms with Crippen molar-refractivity contribution in [1.29, 1.82) is 0 Å². The van der Waals surface area contributed by atoms with E-state index in [9.17, 15) is 9.59 Å². The SMILES string of the molecule is NC(=O)C(Br)c1ccc(Cl)cc1C(=O)c1ccccc1. The quantitative estimate of drug-likeness (QED) is 0.676. The molecule has 2 aromatic carbocycles. The summed E-state index contributed by atoms with van der Waals surface area (Å²) in [7, 11) is 0. The Morgan fingerprint density at radius 2 is 1.75 bits per heavy atom. The van der Waals surface area contributed by atoms with E-state index in [0.29, 0.717) is 21.7 Å². The molecule has 0 saturated heterocycles. The number of ketones is 1. The maximum atomic E-state index is 12.5. The standard InChI is InChI=1S/C15H11BrClNO2/c16-13(15(18)20)11-7-6-10(17)8-12(11)14(19)9-4-2-1-3-5-9/h1-8,13H,(H2,18,20). The van der Waals surface area contributed by atoms with Gasteiger partial charge in [-0.2, -0.15) is 0 Å². The van der Waals surface area contributed by atoms with Crippen molar-refractivity contribution in [2.75, 3.05) is 0 Å². The number of hydrogen-bond acceptors (Lipinski definition) is 2. The molecule has 0 radical (unpaired) electrons. The van der Waals surface area contributed by atoms with Crippen LogP contribution in [0.5, 0.6) is 0 Å². The van der Waals surface area contributed by atoms with E-state index < -0.39 is 10.7 Å². The summed E-state index contributed by atoms with van der Waals surface area (Å²) in [6.45, 7) is 0. The topological polar surface area (TPSA) is 60.2 Å². The molecule has 0 aliphatic rings. The van der Waals surface area contributed by atoms with E-state index >= 15 is 0 Å². The maximum absolute atomic E-state index is 12.5. The Labute approximate surface area is 129 Å². The molecule has 1 amide bonds. The maximum Gasteiger partial charge on any atom is 0.235 e. The molecule has 0 bridgehead atoms. The lowest BCUT2D eigenvalue weighted by atomic mass is 9.96. The van der Waals surface area contributed by atoms with E-state index in [1.165, 1.54) is 0 Å². The van der Waals surface area contributed by atoms with Gasteiger partial charge in [-0.15, -0.1) is 0 Å². The van der Waals surface area contributed by atoms with Crippen LogP contribution in [0.2, 0.25) is 5.02 Å². The second-order valence-corrected chi connectivity index (χ2v) is 5.54. The number of benzene rings is 2. The number of halogens is 2. The molecule has 0 spiro atoms. The summed E-state index contributed by atoms with van der Waals surface area (Å²) in [6, 6.07) is 13.6. The summed E-state index contributed by atoms with van der Waals surface area (Å²) in [4.78, 5) is 23.1. The summed E-state index contributed by atoms with van der Waals surface area (Å²) < 4.78 is 0. The van der Waals surface area contributed by atoms with Crippen LogP contribution >= 0.6 is 27.5 Å². The number of amides is 1. The number of rotatable bonds is 4. The molecule has 3 nitrogen and oxygen atoms in total. The molecule has 0 aliphatic heterocycles. The second-order valence-electron chi connectivity index (χ2n) is 4.19. The molecule has 0 aliphatic carbocycles. The van der Waals surface area contributed by atoms with Gasteiger partial charge in [0.2, 0.25) is 5.91 Å². The Morgan fingerprint density at radius 1 is 1.10 bits per heavy atom. The largest absolute Gasteiger partial charge is 0.368 e. The van der Waals surface area contributed by atoms with Crippen LogP contribution in [0.3, 0.4) is 0 Å². The Morgan fingerprint density at radius 3 is 2.35 bits per heavy atom. The van der Waals surface area contributed by atoms with Gasteiger partial charge in [0, 0.05) is 16.1 Å². The third-order valence-corrected chi connectivity index (χ3v) is 4.00. The highest BCUT2D eigenvalue weighted by Gasteiger charge is 2.22. The molecule has 0 aromatic heterocycles. The van der Waals surface area contributed by atoms with Gasteiger partial charge in [-0.25, -0.2) is 0 Å². The molecule has 1 atom stereocenters. The first-order chi connectivity index (χ1) is 9.50. The van der Waals surface area contributed by atoms with Gasteiger partial charge in [-0.1, -0.05) is 63.9 Å². The van der Waals surface area contributed by atoms with Gasteiger partial charge in [-0.05, 0) is 17.7 Å². The highest BCUT2D eigenvalue weighted by molar-refractivity contribution is 9.09. The number of carbonyl (C=O) groups is 2. The number of hydrogen-bond donors (Lipinski definition) is 1. The number of nitrogens with two attached hydrogens (primary N) is 1. The van der Waals surface area contributed by atoms with Gasteiger partial charge in [0.15, 0.2) is 5.78 Å². The molecule has 0 heterocycles. The molecular formula is C15H11BrClNO2.